The molecule has 0 aromatic heterocycles. The van der Waals surface area contributed by atoms with Crippen LogP contribution in [0.15, 0.2) is 76.1 Å². The van der Waals surface area contributed by atoms with E-state index in [-0.39, 0.29) is 4.90 Å². The first kappa shape index (κ1) is 16.6. The molecule has 0 radical (unpaired) electrons. The maximum absolute atomic E-state index is 12.7. The molecule has 0 spiro atoms. The standard InChI is InChI=1S/C18H17NO4S/c1-22-18(23-2)12-10-15(11-13-18)19-24(20,21)17-9-5-7-14-6-3-4-8-16(14)17/h3-13H,1-2H3. The van der Waals surface area contributed by atoms with Crippen molar-refractivity contribution in [1.82, 2.24) is 0 Å². The minimum absolute atomic E-state index is 0.185. The Morgan fingerprint density at radius 1 is 0.917 bits per heavy atom. The molecule has 0 N–H and O–H groups in total. The lowest BCUT2D eigenvalue weighted by molar-refractivity contribution is -0.133. The third-order valence-electron chi connectivity index (χ3n) is 3.86. The Bertz CT molecular complexity index is 931. The maximum Gasteiger partial charge on any atom is 0.283 e. The lowest BCUT2D eigenvalue weighted by Crippen LogP contribution is -2.30. The summed E-state index contributed by atoms with van der Waals surface area (Å²) in [7, 11) is -0.819. The van der Waals surface area contributed by atoms with Crippen LogP contribution in [0.5, 0.6) is 0 Å². The molecule has 24 heavy (non-hydrogen) atoms. The van der Waals surface area contributed by atoms with Gasteiger partial charge in [-0.25, -0.2) is 0 Å². The molecule has 0 saturated carbocycles. The third kappa shape index (κ3) is 3.03. The summed E-state index contributed by atoms with van der Waals surface area (Å²) < 4.78 is 39.8. The van der Waals surface area contributed by atoms with Crippen molar-refractivity contribution >= 4 is 26.5 Å². The normalized spacial score (nSPS) is 16.5. The van der Waals surface area contributed by atoms with Crippen molar-refractivity contribution in [1.29, 1.82) is 0 Å². The molecule has 0 saturated heterocycles. The molecule has 1 aliphatic carbocycles. The van der Waals surface area contributed by atoms with Gasteiger partial charge in [-0.3, -0.25) is 0 Å². The van der Waals surface area contributed by atoms with Gasteiger partial charge in [0.2, 0.25) is 5.79 Å². The van der Waals surface area contributed by atoms with Crippen molar-refractivity contribution in [2.45, 2.75) is 10.7 Å². The Labute approximate surface area is 141 Å². The highest BCUT2D eigenvalue weighted by molar-refractivity contribution is 7.90. The average Bonchev–Trinajstić information content (AvgIpc) is 2.62. The van der Waals surface area contributed by atoms with E-state index in [1.807, 2.05) is 18.2 Å². The second-order valence-corrected chi connectivity index (χ2v) is 6.84. The van der Waals surface area contributed by atoms with Crippen LogP contribution in [0.25, 0.3) is 10.8 Å². The van der Waals surface area contributed by atoms with Crippen LogP contribution in [-0.2, 0) is 19.5 Å². The van der Waals surface area contributed by atoms with Gasteiger partial charge >= 0.3 is 0 Å². The van der Waals surface area contributed by atoms with Crippen LogP contribution in [-0.4, -0.2) is 34.1 Å². The molecule has 0 heterocycles. The van der Waals surface area contributed by atoms with Gasteiger partial charge in [-0.15, -0.1) is 0 Å². The molecule has 2 aromatic carbocycles. The average molecular weight is 343 g/mol. The lowest BCUT2D eigenvalue weighted by atomic mass is 10.1. The van der Waals surface area contributed by atoms with Gasteiger partial charge in [0.1, 0.15) is 0 Å². The highest BCUT2D eigenvalue weighted by atomic mass is 32.2. The second kappa shape index (κ2) is 6.32. The molecule has 0 atom stereocenters. The first-order valence-corrected chi connectivity index (χ1v) is 8.75. The summed E-state index contributed by atoms with van der Waals surface area (Å²) in [5.74, 6) is -0.984. The highest BCUT2D eigenvalue weighted by Gasteiger charge is 2.25. The fourth-order valence-electron chi connectivity index (χ4n) is 2.54. The first-order chi connectivity index (χ1) is 11.5. The topological polar surface area (TPSA) is 65.0 Å². The molecule has 0 unspecified atom stereocenters. The fraction of sp³-hybridized carbons (Fsp3) is 0.167. The van der Waals surface area contributed by atoms with E-state index in [9.17, 15) is 8.42 Å². The molecule has 0 bridgehead atoms. The quantitative estimate of drug-likeness (QED) is 0.800. The van der Waals surface area contributed by atoms with E-state index in [1.165, 1.54) is 14.2 Å². The zero-order valence-electron chi connectivity index (χ0n) is 13.3. The summed E-state index contributed by atoms with van der Waals surface area (Å²) in [6, 6.07) is 12.5. The molecule has 0 amide bonds. The van der Waals surface area contributed by atoms with E-state index in [0.29, 0.717) is 11.1 Å². The number of methoxy groups -OCH3 is 2. The molecule has 0 fully saturated rings. The van der Waals surface area contributed by atoms with Gasteiger partial charge in [-0.05, 0) is 35.8 Å². The van der Waals surface area contributed by atoms with Crippen molar-refractivity contribution in [3.63, 3.8) is 0 Å². The van der Waals surface area contributed by atoms with Crippen LogP contribution in [0.3, 0.4) is 0 Å². The van der Waals surface area contributed by atoms with Gasteiger partial charge in [-0.1, -0.05) is 36.4 Å². The van der Waals surface area contributed by atoms with Crippen LogP contribution in [0.4, 0.5) is 0 Å². The van der Waals surface area contributed by atoms with Crippen LogP contribution in [0, 0.1) is 0 Å². The van der Waals surface area contributed by atoms with Crippen molar-refractivity contribution in [2.24, 2.45) is 4.40 Å². The molecule has 1 aliphatic rings. The number of sulfonamides is 1. The van der Waals surface area contributed by atoms with Crippen molar-refractivity contribution < 1.29 is 17.9 Å². The van der Waals surface area contributed by atoms with E-state index in [4.69, 9.17) is 9.47 Å². The first-order valence-electron chi connectivity index (χ1n) is 7.31. The molecule has 3 rings (SSSR count). The summed E-state index contributed by atoms with van der Waals surface area (Å²) >= 11 is 0. The molecule has 5 nitrogen and oxygen atoms in total. The predicted octanol–water partition coefficient (Wildman–Crippen LogP) is 3.08. The number of nitrogens with zero attached hydrogens (tertiary/aromatic N) is 1. The minimum atomic E-state index is -3.83. The van der Waals surface area contributed by atoms with Crippen LogP contribution >= 0.6 is 0 Å². The number of rotatable bonds is 4. The van der Waals surface area contributed by atoms with Gasteiger partial charge in [0.15, 0.2) is 0 Å². The SMILES string of the molecule is COC1(OC)C=CC(=NS(=O)(=O)c2cccc3ccccc23)C=C1. The molecule has 0 aliphatic heterocycles. The van der Waals surface area contributed by atoms with E-state index >= 15 is 0 Å². The summed E-state index contributed by atoms with van der Waals surface area (Å²) in [5, 5.41) is 1.50. The van der Waals surface area contributed by atoms with Crippen LogP contribution in [0.2, 0.25) is 0 Å². The lowest BCUT2D eigenvalue weighted by Gasteiger charge is -2.25. The molecule has 6 heteroatoms. The number of hydrogen-bond donors (Lipinski definition) is 0. The van der Waals surface area contributed by atoms with Crippen LogP contribution < -0.4 is 0 Å². The van der Waals surface area contributed by atoms with Crippen molar-refractivity contribution in [3.8, 4) is 0 Å². The molecular formula is C18H17NO4S. The Hall–Kier alpha value is -2.28. The monoisotopic (exact) mass is 343 g/mol. The summed E-state index contributed by atoms with van der Waals surface area (Å²) in [5.41, 5.74) is 0.313. The van der Waals surface area contributed by atoms with Gasteiger partial charge < -0.3 is 9.47 Å². The number of allylic oxidation sites excluding steroid dienone is 2. The van der Waals surface area contributed by atoms with Gasteiger partial charge in [-0.2, -0.15) is 12.8 Å². The van der Waals surface area contributed by atoms with Crippen molar-refractivity contribution in [2.75, 3.05) is 14.2 Å². The molecule has 2 aromatic rings. The smallest absolute Gasteiger partial charge is 0.283 e. The summed E-state index contributed by atoms with van der Waals surface area (Å²) in [6.45, 7) is 0. The van der Waals surface area contributed by atoms with Gasteiger partial charge in [0.25, 0.3) is 10.0 Å². The van der Waals surface area contributed by atoms with Crippen molar-refractivity contribution in [3.05, 3.63) is 66.8 Å². The summed E-state index contributed by atoms with van der Waals surface area (Å²) in [6.07, 6.45) is 6.36. The van der Waals surface area contributed by atoms with E-state index in [2.05, 4.69) is 4.40 Å². The number of benzene rings is 2. The van der Waals surface area contributed by atoms with Crippen LogP contribution in [0.1, 0.15) is 0 Å². The minimum Gasteiger partial charge on any atom is -0.346 e. The van der Waals surface area contributed by atoms with Gasteiger partial charge in [0.05, 0.1) is 10.6 Å². The number of hydrogen-bond acceptors (Lipinski definition) is 4. The fourth-order valence-corrected chi connectivity index (χ4v) is 3.75. The zero-order chi connectivity index (χ0) is 17.2. The number of ether oxygens (including phenoxy) is 2. The second-order valence-electron chi connectivity index (χ2n) is 5.26. The molecular weight excluding hydrogens is 326 g/mol. The van der Waals surface area contributed by atoms with E-state index in [1.54, 1.807) is 48.6 Å². The Morgan fingerprint density at radius 2 is 1.54 bits per heavy atom. The molecule has 124 valence electrons. The maximum atomic E-state index is 12.7. The Balaban J connectivity index is 2.02. The Kier molecular flexibility index (Phi) is 4.36. The van der Waals surface area contributed by atoms with E-state index in [0.717, 1.165) is 5.39 Å². The summed E-state index contributed by atoms with van der Waals surface area (Å²) in [4.78, 5) is 0.185. The van der Waals surface area contributed by atoms with Gasteiger partial charge in [0, 0.05) is 19.6 Å². The zero-order valence-corrected chi connectivity index (χ0v) is 14.2. The predicted molar refractivity (Wildman–Crippen MR) is 93.6 cm³/mol. The van der Waals surface area contributed by atoms with E-state index < -0.39 is 15.8 Å². The largest absolute Gasteiger partial charge is 0.346 e. The Morgan fingerprint density at radius 3 is 2.21 bits per heavy atom. The number of fused-ring (bicyclic) bond motifs is 1. The highest BCUT2D eigenvalue weighted by Crippen LogP contribution is 2.25. The third-order valence-corrected chi connectivity index (χ3v) is 5.23.